The van der Waals surface area contributed by atoms with Gasteiger partial charge in [0, 0.05) is 18.1 Å². The molecule has 0 amide bonds. The molecule has 0 radical (unpaired) electrons. The third-order valence-electron chi connectivity index (χ3n) is 3.42. The van der Waals surface area contributed by atoms with Crippen LogP contribution in [0.5, 0.6) is 0 Å². The van der Waals surface area contributed by atoms with Crippen molar-refractivity contribution in [2.75, 3.05) is 33.3 Å². The number of morpholine rings is 1. The molecule has 1 N–H and O–H groups in total. The van der Waals surface area contributed by atoms with Crippen LogP contribution in [0.1, 0.15) is 18.5 Å². The second-order valence-corrected chi connectivity index (χ2v) is 5.28. The normalized spacial score (nSPS) is 24.6. The van der Waals surface area contributed by atoms with Crippen LogP contribution in [0.3, 0.4) is 0 Å². The van der Waals surface area contributed by atoms with Gasteiger partial charge in [-0.15, -0.1) is 0 Å². The summed E-state index contributed by atoms with van der Waals surface area (Å²) in [5.41, 5.74) is 0.870. The monoisotopic (exact) mass is 286 g/mol. The van der Waals surface area contributed by atoms with Crippen LogP contribution < -0.4 is 5.32 Å². The molecule has 0 spiro atoms. The minimum absolute atomic E-state index is 0.0107. The molecule has 0 saturated carbocycles. The zero-order chi connectivity index (χ0) is 13.8. The van der Waals surface area contributed by atoms with Gasteiger partial charge in [0.05, 0.1) is 18.8 Å². The molecule has 19 heavy (non-hydrogen) atoms. The molecule has 1 fully saturated rings. The molecule has 1 aromatic rings. The number of likely N-dealkylation sites (N-methyl/N-ethyl adjacent to an activating group) is 2. The fraction of sp³-hybridized carbons (Fsp3) is 0.571. The van der Waals surface area contributed by atoms with Gasteiger partial charge >= 0.3 is 0 Å². The van der Waals surface area contributed by atoms with Gasteiger partial charge in [0.25, 0.3) is 0 Å². The standard InChI is InChI=1S/C14H20ClFN2O/c1-3-17-9-13-14(18(2)4-5-19-13)10-6-11(15)8-12(16)7-10/h6-8,13-14,17H,3-5,9H2,1-2H3. The lowest BCUT2D eigenvalue weighted by atomic mass is 9.98. The maximum atomic E-state index is 13.5. The molecule has 0 bridgehead atoms. The lowest BCUT2D eigenvalue weighted by Gasteiger charge is -2.39. The van der Waals surface area contributed by atoms with Crippen molar-refractivity contribution >= 4 is 11.6 Å². The molecule has 0 aromatic heterocycles. The highest BCUT2D eigenvalue weighted by Crippen LogP contribution is 2.30. The molecule has 1 aliphatic heterocycles. The number of hydrogen-bond donors (Lipinski definition) is 1. The van der Waals surface area contributed by atoms with Gasteiger partial charge in [-0.05, 0) is 37.4 Å². The first kappa shape index (κ1) is 14.7. The Morgan fingerprint density at radius 2 is 2.26 bits per heavy atom. The Kier molecular flexibility index (Phi) is 5.16. The molecule has 1 aromatic carbocycles. The zero-order valence-electron chi connectivity index (χ0n) is 11.3. The summed E-state index contributed by atoms with van der Waals surface area (Å²) in [4.78, 5) is 2.19. The smallest absolute Gasteiger partial charge is 0.125 e. The number of rotatable bonds is 4. The zero-order valence-corrected chi connectivity index (χ0v) is 12.1. The van der Waals surface area contributed by atoms with Gasteiger partial charge in [0.2, 0.25) is 0 Å². The van der Waals surface area contributed by atoms with Gasteiger partial charge < -0.3 is 10.1 Å². The molecule has 1 heterocycles. The minimum Gasteiger partial charge on any atom is -0.374 e. The van der Waals surface area contributed by atoms with Gasteiger partial charge in [-0.25, -0.2) is 4.39 Å². The van der Waals surface area contributed by atoms with Crippen LogP contribution in [0.15, 0.2) is 18.2 Å². The topological polar surface area (TPSA) is 24.5 Å². The van der Waals surface area contributed by atoms with Crippen molar-refractivity contribution in [2.45, 2.75) is 19.1 Å². The number of nitrogens with zero attached hydrogens (tertiary/aromatic N) is 1. The number of ether oxygens (including phenoxy) is 1. The van der Waals surface area contributed by atoms with Gasteiger partial charge in [0.1, 0.15) is 5.82 Å². The molecule has 3 nitrogen and oxygen atoms in total. The van der Waals surface area contributed by atoms with Crippen molar-refractivity contribution in [3.8, 4) is 0 Å². The first-order valence-electron chi connectivity index (χ1n) is 6.60. The van der Waals surface area contributed by atoms with Crippen molar-refractivity contribution in [3.05, 3.63) is 34.6 Å². The van der Waals surface area contributed by atoms with Crippen LogP contribution >= 0.6 is 11.6 Å². The van der Waals surface area contributed by atoms with E-state index in [9.17, 15) is 4.39 Å². The summed E-state index contributed by atoms with van der Waals surface area (Å²) in [6.45, 7) is 5.23. The lowest BCUT2D eigenvalue weighted by Crippen LogP contribution is -2.47. The lowest BCUT2D eigenvalue weighted by molar-refractivity contribution is -0.0612. The molecule has 2 atom stereocenters. The quantitative estimate of drug-likeness (QED) is 0.920. The average molecular weight is 287 g/mol. The second kappa shape index (κ2) is 6.66. The largest absolute Gasteiger partial charge is 0.374 e. The Morgan fingerprint density at radius 1 is 1.47 bits per heavy atom. The Balaban J connectivity index is 2.25. The van der Waals surface area contributed by atoms with Gasteiger partial charge in [-0.2, -0.15) is 0 Å². The third kappa shape index (κ3) is 3.66. The van der Waals surface area contributed by atoms with Gasteiger partial charge in [-0.1, -0.05) is 18.5 Å². The van der Waals surface area contributed by atoms with Crippen molar-refractivity contribution in [2.24, 2.45) is 0 Å². The summed E-state index contributed by atoms with van der Waals surface area (Å²) in [5.74, 6) is -0.302. The summed E-state index contributed by atoms with van der Waals surface area (Å²) in [5, 5.41) is 3.72. The van der Waals surface area contributed by atoms with Gasteiger partial charge in [-0.3, -0.25) is 4.90 Å². The molecule has 2 unspecified atom stereocenters. The van der Waals surface area contributed by atoms with Crippen LogP contribution in [0, 0.1) is 5.82 Å². The molecule has 1 saturated heterocycles. The van der Waals surface area contributed by atoms with E-state index in [0.717, 1.165) is 25.2 Å². The molecular formula is C14H20ClFN2O. The SMILES string of the molecule is CCNCC1OCCN(C)C1c1cc(F)cc(Cl)c1. The van der Waals surface area contributed by atoms with E-state index in [1.807, 2.05) is 13.1 Å². The summed E-state index contributed by atoms with van der Waals surface area (Å²) < 4.78 is 19.4. The highest BCUT2D eigenvalue weighted by molar-refractivity contribution is 6.30. The van der Waals surface area contributed by atoms with Crippen LogP contribution in [0.2, 0.25) is 5.02 Å². The fourth-order valence-electron chi connectivity index (χ4n) is 2.53. The van der Waals surface area contributed by atoms with Crippen molar-refractivity contribution < 1.29 is 9.13 Å². The number of nitrogens with one attached hydrogen (secondary N) is 1. The summed E-state index contributed by atoms with van der Waals surface area (Å²) >= 11 is 5.95. The molecule has 5 heteroatoms. The van der Waals surface area contributed by atoms with E-state index in [1.54, 1.807) is 6.07 Å². The Bertz CT molecular complexity index is 410. The Labute approximate surface area is 118 Å². The first-order chi connectivity index (χ1) is 9.11. The molecule has 1 aliphatic rings. The van der Waals surface area contributed by atoms with Crippen LogP contribution in [-0.2, 0) is 4.74 Å². The Morgan fingerprint density at radius 3 is 2.95 bits per heavy atom. The third-order valence-corrected chi connectivity index (χ3v) is 3.64. The second-order valence-electron chi connectivity index (χ2n) is 4.85. The van der Waals surface area contributed by atoms with Crippen LogP contribution in [-0.4, -0.2) is 44.3 Å². The predicted molar refractivity (Wildman–Crippen MR) is 75.1 cm³/mol. The van der Waals surface area contributed by atoms with E-state index < -0.39 is 0 Å². The summed E-state index contributed by atoms with van der Waals surface area (Å²) in [6, 6.07) is 4.72. The van der Waals surface area contributed by atoms with E-state index >= 15 is 0 Å². The summed E-state index contributed by atoms with van der Waals surface area (Å²) in [7, 11) is 2.03. The fourth-order valence-corrected chi connectivity index (χ4v) is 2.76. The highest BCUT2D eigenvalue weighted by atomic mass is 35.5. The van der Waals surface area contributed by atoms with E-state index in [1.165, 1.54) is 6.07 Å². The maximum Gasteiger partial charge on any atom is 0.125 e. The average Bonchev–Trinajstić information content (AvgIpc) is 2.35. The maximum absolute atomic E-state index is 13.5. The molecule has 0 aliphatic carbocycles. The number of halogens is 2. The van der Waals surface area contributed by atoms with Gasteiger partial charge in [0.15, 0.2) is 0 Å². The van der Waals surface area contributed by atoms with E-state index in [4.69, 9.17) is 16.3 Å². The van der Waals surface area contributed by atoms with E-state index in [2.05, 4.69) is 17.1 Å². The minimum atomic E-state index is -0.302. The van der Waals surface area contributed by atoms with Crippen molar-refractivity contribution in [1.82, 2.24) is 10.2 Å². The molecule has 106 valence electrons. The van der Waals surface area contributed by atoms with Crippen molar-refractivity contribution in [3.63, 3.8) is 0 Å². The number of benzene rings is 1. The van der Waals surface area contributed by atoms with Crippen LogP contribution in [0.4, 0.5) is 4.39 Å². The van der Waals surface area contributed by atoms with Crippen LogP contribution in [0.25, 0.3) is 0 Å². The number of hydrogen-bond acceptors (Lipinski definition) is 3. The van der Waals surface area contributed by atoms with E-state index in [0.29, 0.717) is 11.6 Å². The highest BCUT2D eigenvalue weighted by Gasteiger charge is 2.31. The predicted octanol–water partition coefficient (Wildman–Crippen LogP) is 2.46. The molecule has 2 rings (SSSR count). The Hall–Kier alpha value is -0.680. The first-order valence-corrected chi connectivity index (χ1v) is 6.98. The van der Waals surface area contributed by atoms with Crippen molar-refractivity contribution in [1.29, 1.82) is 0 Å². The van der Waals surface area contributed by atoms with E-state index in [-0.39, 0.29) is 18.0 Å². The molecular weight excluding hydrogens is 267 g/mol. The summed E-state index contributed by atoms with van der Waals surface area (Å²) in [6.07, 6.45) is 0.0107.